The minimum absolute atomic E-state index is 0.231. The fourth-order valence-corrected chi connectivity index (χ4v) is 2.71. The Bertz CT molecular complexity index is 640. The molecule has 1 aromatic carbocycles. The van der Waals surface area contributed by atoms with E-state index in [-0.39, 0.29) is 11.9 Å². The van der Waals surface area contributed by atoms with Crippen molar-refractivity contribution in [3.63, 3.8) is 0 Å². The van der Waals surface area contributed by atoms with Gasteiger partial charge in [-0.05, 0) is 31.2 Å². The number of aliphatic hydroxyl groups excluding tert-OH is 1. The molecule has 1 aliphatic rings. The van der Waals surface area contributed by atoms with Crippen molar-refractivity contribution in [1.29, 1.82) is 0 Å². The quantitative estimate of drug-likeness (QED) is 0.673. The fraction of sp³-hybridized carbons (Fsp3) is 0.357. The Morgan fingerprint density at radius 1 is 1.45 bits per heavy atom. The van der Waals surface area contributed by atoms with E-state index in [0.717, 1.165) is 17.4 Å². The van der Waals surface area contributed by atoms with Crippen LogP contribution in [0, 0.1) is 0 Å². The van der Waals surface area contributed by atoms with Crippen molar-refractivity contribution in [2.75, 3.05) is 13.1 Å². The molecular formula is C14H16ClN3O2. The summed E-state index contributed by atoms with van der Waals surface area (Å²) in [5.74, 6) is -0.231. The third-order valence-corrected chi connectivity index (χ3v) is 3.95. The number of hydrogen-bond donors (Lipinski definition) is 4. The number of piperidine rings is 1. The first-order chi connectivity index (χ1) is 9.65. The van der Waals surface area contributed by atoms with E-state index in [0.29, 0.717) is 23.7 Å². The molecular weight excluding hydrogens is 278 g/mol. The molecule has 0 bridgehead atoms. The van der Waals surface area contributed by atoms with Crippen LogP contribution in [0.3, 0.4) is 0 Å². The molecule has 0 radical (unpaired) electrons. The molecule has 106 valence electrons. The van der Waals surface area contributed by atoms with E-state index in [1.165, 1.54) is 0 Å². The molecule has 0 spiro atoms. The summed E-state index contributed by atoms with van der Waals surface area (Å²) in [5.41, 5.74) is 1.27. The van der Waals surface area contributed by atoms with Gasteiger partial charge >= 0.3 is 0 Å². The van der Waals surface area contributed by atoms with Crippen molar-refractivity contribution < 1.29 is 9.90 Å². The van der Waals surface area contributed by atoms with Gasteiger partial charge in [-0.1, -0.05) is 17.7 Å². The van der Waals surface area contributed by atoms with Crippen molar-refractivity contribution in [1.82, 2.24) is 15.6 Å². The Kier molecular flexibility index (Phi) is 3.65. The summed E-state index contributed by atoms with van der Waals surface area (Å²) in [6, 6.07) is 6.95. The predicted molar refractivity (Wildman–Crippen MR) is 78.1 cm³/mol. The van der Waals surface area contributed by atoms with Gasteiger partial charge in [-0.2, -0.15) is 0 Å². The largest absolute Gasteiger partial charge is 0.391 e. The zero-order valence-electron chi connectivity index (χ0n) is 10.8. The molecule has 0 unspecified atom stereocenters. The van der Waals surface area contributed by atoms with Crippen LogP contribution in [0.4, 0.5) is 0 Å². The van der Waals surface area contributed by atoms with E-state index >= 15 is 0 Å². The highest BCUT2D eigenvalue weighted by atomic mass is 35.5. The Balaban J connectivity index is 1.80. The summed E-state index contributed by atoms with van der Waals surface area (Å²) in [7, 11) is 0. The number of benzene rings is 1. The molecule has 3 rings (SSSR count). The van der Waals surface area contributed by atoms with Gasteiger partial charge < -0.3 is 20.7 Å². The number of nitrogens with one attached hydrogen (secondary N) is 3. The number of amides is 1. The highest BCUT2D eigenvalue weighted by molar-refractivity contribution is 6.35. The van der Waals surface area contributed by atoms with Crippen LogP contribution in [0.2, 0.25) is 5.02 Å². The van der Waals surface area contributed by atoms with E-state index in [2.05, 4.69) is 15.6 Å². The maximum atomic E-state index is 12.2. The lowest BCUT2D eigenvalue weighted by Crippen LogP contribution is -2.53. The molecule has 1 saturated heterocycles. The standard InChI is InChI=1S/C14H16ClN3O2/c15-9-2-1-3-10-8(9)6-11(17-10)14(20)18-12-7-16-5-4-13(12)19/h1-3,6,12-13,16-17,19H,4-5,7H2,(H,18,20)/t12-,13+/m0/s1. The van der Waals surface area contributed by atoms with Gasteiger partial charge in [-0.3, -0.25) is 4.79 Å². The van der Waals surface area contributed by atoms with E-state index in [1.807, 2.05) is 12.1 Å². The summed E-state index contributed by atoms with van der Waals surface area (Å²) in [6.07, 6.45) is 0.136. The van der Waals surface area contributed by atoms with Crippen LogP contribution in [0.25, 0.3) is 10.9 Å². The Hall–Kier alpha value is -1.56. The number of carbonyl (C=O) groups excluding carboxylic acids is 1. The topological polar surface area (TPSA) is 77.2 Å². The van der Waals surface area contributed by atoms with E-state index in [9.17, 15) is 9.90 Å². The molecule has 1 aromatic heterocycles. The van der Waals surface area contributed by atoms with Gasteiger partial charge in [0, 0.05) is 22.5 Å². The number of H-pyrrole nitrogens is 1. The highest BCUT2D eigenvalue weighted by Gasteiger charge is 2.25. The lowest BCUT2D eigenvalue weighted by molar-refractivity contribution is 0.0751. The number of halogens is 1. The van der Waals surface area contributed by atoms with Crippen LogP contribution in [-0.2, 0) is 0 Å². The van der Waals surface area contributed by atoms with Gasteiger partial charge in [0.2, 0.25) is 0 Å². The molecule has 4 N–H and O–H groups in total. The van der Waals surface area contributed by atoms with Crippen molar-refractivity contribution in [3.8, 4) is 0 Å². The van der Waals surface area contributed by atoms with E-state index < -0.39 is 6.10 Å². The van der Waals surface area contributed by atoms with E-state index in [4.69, 9.17) is 11.6 Å². The molecule has 2 heterocycles. The second-order valence-corrected chi connectivity index (χ2v) is 5.43. The molecule has 6 heteroatoms. The van der Waals surface area contributed by atoms with Crippen LogP contribution in [0.15, 0.2) is 24.3 Å². The van der Waals surface area contributed by atoms with Gasteiger partial charge in [0.05, 0.1) is 12.1 Å². The second-order valence-electron chi connectivity index (χ2n) is 5.02. The molecule has 1 aliphatic heterocycles. The average molecular weight is 294 g/mol. The summed E-state index contributed by atoms with van der Waals surface area (Å²) in [5, 5.41) is 17.3. The summed E-state index contributed by atoms with van der Waals surface area (Å²) < 4.78 is 0. The minimum atomic E-state index is -0.506. The van der Waals surface area contributed by atoms with Crippen LogP contribution in [-0.4, -0.2) is 41.2 Å². The second kappa shape index (κ2) is 5.44. The zero-order valence-corrected chi connectivity index (χ0v) is 11.6. The van der Waals surface area contributed by atoms with Gasteiger partial charge in [0.1, 0.15) is 5.69 Å². The van der Waals surface area contributed by atoms with Crippen molar-refractivity contribution in [3.05, 3.63) is 35.0 Å². The van der Waals surface area contributed by atoms with Gasteiger partial charge in [-0.15, -0.1) is 0 Å². The van der Waals surface area contributed by atoms with Crippen molar-refractivity contribution in [2.24, 2.45) is 0 Å². The van der Waals surface area contributed by atoms with Crippen LogP contribution in [0.1, 0.15) is 16.9 Å². The average Bonchev–Trinajstić information content (AvgIpc) is 2.87. The van der Waals surface area contributed by atoms with Gasteiger partial charge in [-0.25, -0.2) is 0 Å². The van der Waals surface area contributed by atoms with Gasteiger partial charge in [0.25, 0.3) is 5.91 Å². The van der Waals surface area contributed by atoms with Gasteiger partial charge in [0.15, 0.2) is 0 Å². The Morgan fingerprint density at radius 2 is 2.30 bits per heavy atom. The first kappa shape index (κ1) is 13.4. The number of aromatic nitrogens is 1. The molecule has 20 heavy (non-hydrogen) atoms. The number of hydrogen-bond acceptors (Lipinski definition) is 3. The minimum Gasteiger partial charge on any atom is -0.391 e. The zero-order chi connectivity index (χ0) is 14.1. The number of aromatic amines is 1. The Morgan fingerprint density at radius 3 is 3.05 bits per heavy atom. The molecule has 5 nitrogen and oxygen atoms in total. The fourth-order valence-electron chi connectivity index (χ4n) is 2.48. The first-order valence-corrected chi connectivity index (χ1v) is 7.00. The SMILES string of the molecule is O=C(N[C@H]1CNCC[C@H]1O)c1cc2c(Cl)cccc2[nH]1. The smallest absolute Gasteiger partial charge is 0.268 e. The summed E-state index contributed by atoms with van der Waals surface area (Å²) in [6.45, 7) is 1.35. The third kappa shape index (κ3) is 2.52. The molecule has 1 amide bonds. The lowest BCUT2D eigenvalue weighted by atomic mass is 10.0. The monoisotopic (exact) mass is 293 g/mol. The Labute approximate surface area is 121 Å². The first-order valence-electron chi connectivity index (χ1n) is 6.62. The normalized spacial score (nSPS) is 22.9. The van der Waals surface area contributed by atoms with Crippen molar-refractivity contribution in [2.45, 2.75) is 18.6 Å². The molecule has 2 atom stereocenters. The summed E-state index contributed by atoms with van der Waals surface area (Å²) >= 11 is 6.09. The number of rotatable bonds is 2. The summed E-state index contributed by atoms with van der Waals surface area (Å²) in [4.78, 5) is 15.3. The molecule has 2 aromatic rings. The van der Waals surface area contributed by atoms with Crippen molar-refractivity contribution >= 4 is 28.4 Å². The number of carbonyl (C=O) groups is 1. The van der Waals surface area contributed by atoms with Crippen LogP contribution >= 0.6 is 11.6 Å². The predicted octanol–water partition coefficient (Wildman–Crippen LogP) is 1.27. The highest BCUT2D eigenvalue weighted by Crippen LogP contribution is 2.24. The molecule has 0 aliphatic carbocycles. The third-order valence-electron chi connectivity index (χ3n) is 3.62. The van der Waals surface area contributed by atoms with Crippen LogP contribution in [0.5, 0.6) is 0 Å². The maximum Gasteiger partial charge on any atom is 0.268 e. The van der Waals surface area contributed by atoms with Crippen LogP contribution < -0.4 is 10.6 Å². The molecule has 1 fully saturated rings. The number of fused-ring (bicyclic) bond motifs is 1. The maximum absolute atomic E-state index is 12.2. The number of aliphatic hydroxyl groups is 1. The lowest BCUT2D eigenvalue weighted by Gasteiger charge is -2.28. The molecule has 0 saturated carbocycles. The van der Waals surface area contributed by atoms with E-state index in [1.54, 1.807) is 12.1 Å².